The number of nitrogens with one attached hydrogen (secondary N) is 1. The number of carboxylic acids is 1. The van der Waals surface area contributed by atoms with Crippen molar-refractivity contribution in [2.45, 2.75) is 37.7 Å². The van der Waals surface area contributed by atoms with Gasteiger partial charge < -0.3 is 20.4 Å². The average molecular weight is 425 g/mol. The average Bonchev–Trinajstić information content (AvgIpc) is 3.08. The predicted octanol–water partition coefficient (Wildman–Crippen LogP) is 2.60. The number of rotatable bonds is 4. The topological polar surface area (TPSA) is 103 Å². The smallest absolute Gasteiger partial charge is 0.475 e. The van der Waals surface area contributed by atoms with Gasteiger partial charge in [-0.1, -0.05) is 36.4 Å². The fourth-order valence-corrected chi connectivity index (χ4v) is 2.97. The lowest BCUT2D eigenvalue weighted by Crippen LogP contribution is -2.46. The van der Waals surface area contributed by atoms with E-state index in [0.29, 0.717) is 25.9 Å². The number of aromatic nitrogens is 1. The Morgan fingerprint density at radius 3 is 2.33 bits per heavy atom. The predicted molar refractivity (Wildman–Crippen MR) is 101 cm³/mol. The Morgan fingerprint density at radius 1 is 1.13 bits per heavy atom. The van der Waals surface area contributed by atoms with Crippen LogP contribution >= 0.6 is 0 Å². The molecule has 0 aliphatic carbocycles. The third-order valence-corrected chi connectivity index (χ3v) is 4.47. The maximum absolute atomic E-state index is 12.5. The fourth-order valence-electron chi connectivity index (χ4n) is 2.97. The number of urea groups is 1. The largest absolute Gasteiger partial charge is 0.490 e. The molecule has 1 saturated heterocycles. The first kappa shape index (κ1) is 23.1. The molecule has 0 spiro atoms. The van der Waals surface area contributed by atoms with Crippen LogP contribution in [0.25, 0.3) is 0 Å². The van der Waals surface area contributed by atoms with Crippen molar-refractivity contribution in [2.24, 2.45) is 0 Å². The zero-order valence-electron chi connectivity index (χ0n) is 15.9. The highest BCUT2D eigenvalue weighted by Crippen LogP contribution is 2.22. The van der Waals surface area contributed by atoms with Gasteiger partial charge in [-0.05, 0) is 30.0 Å². The molecule has 0 radical (unpaired) electrons. The highest BCUT2D eigenvalue weighted by Gasteiger charge is 2.38. The number of pyridine rings is 1. The fraction of sp³-hybridized carbons (Fsp3) is 0.350. The molecule has 2 heterocycles. The van der Waals surface area contributed by atoms with Crippen molar-refractivity contribution in [3.8, 4) is 0 Å². The number of hydrogen-bond acceptors (Lipinski definition) is 4. The highest BCUT2D eigenvalue weighted by atomic mass is 19.4. The number of benzene rings is 1. The van der Waals surface area contributed by atoms with E-state index >= 15 is 0 Å². The summed E-state index contributed by atoms with van der Waals surface area (Å²) < 4.78 is 31.7. The van der Waals surface area contributed by atoms with Crippen LogP contribution in [0.2, 0.25) is 0 Å². The number of halogens is 3. The van der Waals surface area contributed by atoms with Crippen LogP contribution in [0.4, 0.5) is 18.0 Å². The van der Waals surface area contributed by atoms with Crippen LogP contribution in [0.3, 0.4) is 0 Å². The summed E-state index contributed by atoms with van der Waals surface area (Å²) in [5.41, 5.74) is 2.09. The van der Waals surface area contributed by atoms with Crippen LogP contribution in [0, 0.1) is 0 Å². The molecule has 162 valence electrons. The molecule has 10 heteroatoms. The van der Waals surface area contributed by atoms with Crippen molar-refractivity contribution in [3.05, 3.63) is 66.0 Å². The number of amides is 2. The minimum atomic E-state index is -5.08. The van der Waals surface area contributed by atoms with E-state index in [9.17, 15) is 23.1 Å². The van der Waals surface area contributed by atoms with Gasteiger partial charge in [0, 0.05) is 25.5 Å². The molecule has 30 heavy (non-hydrogen) atoms. The normalized spacial score (nSPS) is 18.3. The van der Waals surface area contributed by atoms with E-state index in [1.54, 1.807) is 17.3 Å². The molecule has 2 amide bonds. The van der Waals surface area contributed by atoms with Gasteiger partial charge in [0.2, 0.25) is 0 Å². The van der Waals surface area contributed by atoms with Crippen LogP contribution in [0.1, 0.15) is 17.5 Å². The van der Waals surface area contributed by atoms with Crippen LogP contribution in [0.5, 0.6) is 0 Å². The first-order valence-electron chi connectivity index (χ1n) is 9.14. The molecule has 0 bridgehead atoms. The number of aliphatic hydroxyl groups excluding tert-OH is 1. The Morgan fingerprint density at radius 2 is 1.77 bits per heavy atom. The number of carbonyl (C=O) groups excluding carboxylic acids is 1. The molecular formula is C20H22F3N3O4. The second-order valence-electron chi connectivity index (χ2n) is 6.63. The molecule has 1 aliphatic heterocycles. The Hall–Kier alpha value is -3.14. The number of likely N-dealkylation sites (tertiary alicyclic amines) is 1. The Bertz CT molecular complexity index is 819. The van der Waals surface area contributed by atoms with E-state index in [4.69, 9.17) is 9.90 Å². The van der Waals surface area contributed by atoms with Crippen LogP contribution in [0.15, 0.2) is 54.9 Å². The lowest BCUT2D eigenvalue weighted by Gasteiger charge is -2.26. The molecule has 3 N–H and O–H groups in total. The van der Waals surface area contributed by atoms with Gasteiger partial charge in [-0.2, -0.15) is 13.2 Å². The second kappa shape index (κ2) is 10.6. The molecule has 1 fully saturated rings. The van der Waals surface area contributed by atoms with Crippen molar-refractivity contribution in [3.63, 3.8) is 0 Å². The SMILES string of the molecule is O=C(NCc1ccccc1)N1CC[C@H](O)[C@@H]1Cc1cccnc1.O=C(O)C(F)(F)F. The zero-order chi connectivity index (χ0) is 22.1. The molecule has 7 nitrogen and oxygen atoms in total. The number of aliphatic hydroxyl groups is 1. The molecular weight excluding hydrogens is 403 g/mol. The number of aliphatic carboxylic acids is 1. The van der Waals surface area contributed by atoms with E-state index in [2.05, 4.69) is 10.3 Å². The molecule has 3 rings (SSSR count). The van der Waals surface area contributed by atoms with Crippen molar-refractivity contribution >= 4 is 12.0 Å². The number of carbonyl (C=O) groups is 2. The van der Waals surface area contributed by atoms with Crippen LogP contribution in [-0.2, 0) is 17.8 Å². The maximum atomic E-state index is 12.5. The second-order valence-corrected chi connectivity index (χ2v) is 6.63. The lowest BCUT2D eigenvalue weighted by molar-refractivity contribution is -0.192. The van der Waals surface area contributed by atoms with E-state index in [0.717, 1.165) is 11.1 Å². The van der Waals surface area contributed by atoms with E-state index in [-0.39, 0.29) is 12.1 Å². The van der Waals surface area contributed by atoms with Crippen molar-refractivity contribution in [1.82, 2.24) is 15.2 Å². The third kappa shape index (κ3) is 7.03. The molecule has 1 aromatic heterocycles. The van der Waals surface area contributed by atoms with Crippen molar-refractivity contribution in [2.75, 3.05) is 6.54 Å². The van der Waals surface area contributed by atoms with Gasteiger partial charge in [0.25, 0.3) is 0 Å². The third-order valence-electron chi connectivity index (χ3n) is 4.47. The summed E-state index contributed by atoms with van der Waals surface area (Å²) in [4.78, 5) is 27.2. The first-order chi connectivity index (χ1) is 14.2. The first-order valence-corrected chi connectivity index (χ1v) is 9.14. The molecule has 1 aromatic carbocycles. The van der Waals surface area contributed by atoms with Crippen molar-refractivity contribution < 1.29 is 33.0 Å². The van der Waals surface area contributed by atoms with Gasteiger partial charge in [0.1, 0.15) is 0 Å². The summed E-state index contributed by atoms with van der Waals surface area (Å²) in [7, 11) is 0. The number of alkyl halides is 3. The summed E-state index contributed by atoms with van der Waals surface area (Å²) >= 11 is 0. The van der Waals surface area contributed by atoms with Crippen LogP contribution < -0.4 is 5.32 Å². The molecule has 1 aliphatic rings. The van der Waals surface area contributed by atoms with Gasteiger partial charge in [-0.15, -0.1) is 0 Å². The van der Waals surface area contributed by atoms with Crippen LogP contribution in [-0.4, -0.2) is 57.0 Å². The summed E-state index contributed by atoms with van der Waals surface area (Å²) in [5, 5.41) is 20.3. The molecule has 0 unspecified atom stereocenters. The van der Waals surface area contributed by atoms with Gasteiger partial charge >= 0.3 is 18.2 Å². The van der Waals surface area contributed by atoms with Gasteiger partial charge in [-0.25, -0.2) is 9.59 Å². The highest BCUT2D eigenvalue weighted by molar-refractivity contribution is 5.75. The minimum absolute atomic E-state index is 0.126. The summed E-state index contributed by atoms with van der Waals surface area (Å²) in [5.74, 6) is -2.76. The molecule has 2 aromatic rings. The quantitative estimate of drug-likeness (QED) is 0.699. The van der Waals surface area contributed by atoms with Gasteiger partial charge in [0.05, 0.1) is 12.1 Å². The number of nitrogens with zero attached hydrogens (tertiary/aromatic N) is 2. The number of carboxylic acid groups (broad SMARTS) is 1. The lowest BCUT2D eigenvalue weighted by atomic mass is 10.0. The maximum Gasteiger partial charge on any atom is 0.490 e. The van der Waals surface area contributed by atoms with E-state index < -0.39 is 18.2 Å². The Kier molecular flexibility index (Phi) is 8.16. The summed E-state index contributed by atoms with van der Waals surface area (Å²) in [6.07, 6.45) is -0.834. The molecule has 0 saturated carbocycles. The summed E-state index contributed by atoms with van der Waals surface area (Å²) in [6, 6.07) is 13.3. The van der Waals surface area contributed by atoms with Gasteiger partial charge in [-0.3, -0.25) is 4.98 Å². The number of hydrogen-bond donors (Lipinski definition) is 3. The molecule has 2 atom stereocenters. The van der Waals surface area contributed by atoms with E-state index in [1.807, 2.05) is 42.5 Å². The Balaban J connectivity index is 0.000000396. The minimum Gasteiger partial charge on any atom is -0.475 e. The Labute approximate surface area is 171 Å². The standard InChI is InChI=1S/C18H21N3O2.C2HF3O2/c22-17-8-10-21(16(17)11-15-7-4-9-19-12-15)18(23)20-13-14-5-2-1-3-6-14;3-2(4,5)1(6)7/h1-7,9,12,16-17,22H,8,10-11,13H2,(H,20,23);(H,6,7)/t16-,17-;/m0./s1. The summed E-state index contributed by atoms with van der Waals surface area (Å²) in [6.45, 7) is 1.07. The van der Waals surface area contributed by atoms with Crippen molar-refractivity contribution in [1.29, 1.82) is 0 Å². The van der Waals surface area contributed by atoms with E-state index in [1.165, 1.54) is 0 Å². The monoisotopic (exact) mass is 425 g/mol. The zero-order valence-corrected chi connectivity index (χ0v) is 15.9. The van der Waals surface area contributed by atoms with Gasteiger partial charge in [0.15, 0.2) is 0 Å².